The largest absolute Gasteiger partial charge is 0.500 e. The van der Waals surface area contributed by atoms with Crippen LogP contribution in [0.3, 0.4) is 0 Å². The van der Waals surface area contributed by atoms with Crippen molar-refractivity contribution in [2.75, 3.05) is 26.4 Å². The van der Waals surface area contributed by atoms with Gasteiger partial charge in [0.15, 0.2) is 0 Å². The maximum Gasteiger partial charge on any atom is 0.500 e. The van der Waals surface area contributed by atoms with Gasteiger partial charge in [-0.2, -0.15) is 0 Å². The normalized spacial score (nSPS) is 12.0. The van der Waals surface area contributed by atoms with E-state index in [1.54, 1.807) is 0 Å². The summed E-state index contributed by atoms with van der Waals surface area (Å²) in [7, 11) is -2.57. The van der Waals surface area contributed by atoms with Crippen LogP contribution < -0.4 is 16.8 Å². The highest BCUT2D eigenvalue weighted by Crippen LogP contribution is 2.24. The first-order valence-electron chi connectivity index (χ1n) is 9.70. The Labute approximate surface area is 165 Å². The zero-order valence-corrected chi connectivity index (χ0v) is 18.2. The topological polar surface area (TPSA) is 109 Å². The highest BCUT2D eigenvalue weighted by Gasteiger charge is 2.40. The molecule has 0 saturated heterocycles. The number of carbonyl (C=O) groups is 1. The summed E-state index contributed by atoms with van der Waals surface area (Å²) in [6.07, 6.45) is 1.74. The molecule has 0 heterocycles. The summed E-state index contributed by atoms with van der Waals surface area (Å²) < 4.78 is 17.5. The van der Waals surface area contributed by atoms with E-state index in [2.05, 4.69) is 17.4 Å². The van der Waals surface area contributed by atoms with Crippen molar-refractivity contribution >= 4 is 14.8 Å². The minimum atomic E-state index is -2.57. The zero-order chi connectivity index (χ0) is 20.5. The monoisotopic (exact) mass is 399 g/mol. The van der Waals surface area contributed by atoms with E-state index in [4.69, 9.17) is 24.7 Å². The van der Waals surface area contributed by atoms with Gasteiger partial charge in [0.1, 0.15) is 0 Å². The lowest BCUT2D eigenvalue weighted by Gasteiger charge is -2.29. The molecule has 0 radical (unpaired) electrons. The van der Waals surface area contributed by atoms with Crippen LogP contribution in [0.25, 0.3) is 0 Å². The first-order valence-corrected chi connectivity index (χ1v) is 11.6. The number of hydrogen-bond acceptors (Lipinski definition) is 5. The van der Waals surface area contributed by atoms with E-state index in [0.717, 1.165) is 24.4 Å². The van der Waals surface area contributed by atoms with E-state index in [9.17, 15) is 4.79 Å². The lowest BCUT2D eigenvalue weighted by atomic mass is 10.1. The van der Waals surface area contributed by atoms with Gasteiger partial charge < -0.3 is 30.1 Å². The van der Waals surface area contributed by atoms with E-state index < -0.39 is 14.8 Å². The maximum atomic E-state index is 9.87. The molecule has 0 bridgehead atoms. The Hall–Kier alpha value is -1.45. The summed E-state index contributed by atoms with van der Waals surface area (Å²) in [5.74, 6) is 0. The van der Waals surface area contributed by atoms with Crippen molar-refractivity contribution in [1.29, 1.82) is 0 Å². The summed E-state index contributed by atoms with van der Waals surface area (Å²) in [6, 6.07) is 10.4. The van der Waals surface area contributed by atoms with Gasteiger partial charge in [-0.25, -0.2) is 4.79 Å². The molecule has 0 fully saturated rings. The quantitative estimate of drug-likeness (QED) is 0.468. The molecule has 1 aromatic carbocycles. The Bertz CT molecular complexity index is 474. The zero-order valence-electron chi connectivity index (χ0n) is 17.2. The number of rotatable bonds is 12. The number of amides is 2. The smallest absolute Gasteiger partial charge is 0.374 e. The van der Waals surface area contributed by atoms with E-state index >= 15 is 0 Å². The Morgan fingerprint density at radius 2 is 1.56 bits per heavy atom. The van der Waals surface area contributed by atoms with E-state index in [-0.39, 0.29) is 6.04 Å². The molecule has 7 nitrogen and oxygen atoms in total. The number of nitrogens with one attached hydrogen (secondary N) is 1. The van der Waals surface area contributed by atoms with Crippen molar-refractivity contribution in [3.05, 3.63) is 35.9 Å². The van der Waals surface area contributed by atoms with Crippen molar-refractivity contribution in [3.8, 4) is 0 Å². The lowest BCUT2D eigenvalue weighted by molar-refractivity contribution is 0.0703. The van der Waals surface area contributed by atoms with Crippen LogP contribution in [0.5, 0.6) is 0 Å². The van der Waals surface area contributed by atoms with Crippen LogP contribution in [-0.4, -0.2) is 41.2 Å². The number of hydrogen-bond donors (Lipinski definition) is 3. The Morgan fingerprint density at radius 3 is 1.93 bits per heavy atom. The average Bonchev–Trinajstić information content (AvgIpc) is 2.66. The van der Waals surface area contributed by atoms with Crippen LogP contribution >= 0.6 is 0 Å². The van der Waals surface area contributed by atoms with Gasteiger partial charge in [0.25, 0.3) is 0 Å². The highest BCUT2D eigenvalue weighted by molar-refractivity contribution is 6.60. The van der Waals surface area contributed by atoms with Crippen LogP contribution in [0, 0.1) is 0 Å². The lowest BCUT2D eigenvalue weighted by Crippen LogP contribution is -2.46. The average molecular weight is 400 g/mol. The molecule has 1 unspecified atom stereocenters. The number of benzene rings is 1. The molecule has 0 aliphatic carbocycles. The molecular formula is C19H37N3O4Si. The third kappa shape index (κ3) is 11.8. The molecule has 1 aromatic rings. The number of urea groups is 1. The Kier molecular flexibility index (Phi) is 14.8. The maximum absolute atomic E-state index is 9.87. The predicted octanol–water partition coefficient (Wildman–Crippen LogP) is 3.19. The summed E-state index contributed by atoms with van der Waals surface area (Å²) >= 11 is 0. The van der Waals surface area contributed by atoms with Crippen LogP contribution in [0.4, 0.5) is 4.79 Å². The van der Waals surface area contributed by atoms with Crippen LogP contribution in [-0.2, 0) is 13.3 Å². The fourth-order valence-electron chi connectivity index (χ4n) is 2.45. The van der Waals surface area contributed by atoms with Crippen LogP contribution in [0.2, 0.25) is 6.04 Å². The molecule has 0 aromatic heterocycles. The summed E-state index contributed by atoms with van der Waals surface area (Å²) in [5, 5.41) is 2.43. The third-order valence-corrected chi connectivity index (χ3v) is 6.72. The molecule has 0 aliphatic rings. The number of carbonyl (C=O) groups excluding carboxylic acids is 1. The van der Waals surface area contributed by atoms with Crippen molar-refractivity contribution < 1.29 is 18.1 Å². The molecule has 8 heteroatoms. The van der Waals surface area contributed by atoms with E-state index in [1.807, 2.05) is 45.9 Å². The second kappa shape index (κ2) is 15.6. The summed E-state index contributed by atoms with van der Waals surface area (Å²) in [5.41, 5.74) is 12.1. The minimum absolute atomic E-state index is 0.00977. The predicted molar refractivity (Wildman–Crippen MR) is 111 cm³/mol. The molecule has 0 saturated carbocycles. The number of primary amides is 1. The minimum Gasteiger partial charge on any atom is -0.374 e. The van der Waals surface area contributed by atoms with Gasteiger partial charge in [0.2, 0.25) is 0 Å². The van der Waals surface area contributed by atoms with Gasteiger partial charge in [0, 0.05) is 38.5 Å². The molecule has 1 atom stereocenters. The second-order valence-corrected chi connectivity index (χ2v) is 8.56. The van der Waals surface area contributed by atoms with Gasteiger partial charge in [-0.3, -0.25) is 0 Å². The molecule has 1 rings (SSSR count). The van der Waals surface area contributed by atoms with Crippen molar-refractivity contribution in [1.82, 2.24) is 5.32 Å². The van der Waals surface area contributed by atoms with E-state index in [0.29, 0.717) is 26.4 Å². The van der Waals surface area contributed by atoms with Crippen LogP contribution in [0.1, 0.15) is 52.1 Å². The SMILES string of the molecule is CCCNC(N)=O.CCO[Si](CCC(N)c1ccccc1)(OCC)OCC. The standard InChI is InChI=1S/C15H27NO3Si.C4H10N2O/c1-4-17-20(18-5-2,19-6-3)13-12-15(16)14-10-8-7-9-11-14;1-2-3-6-4(5)7/h7-11,15H,4-6,12-13,16H2,1-3H3;2-3H2,1H3,(H3,5,6,7). The van der Waals surface area contributed by atoms with Gasteiger partial charge in [0.05, 0.1) is 0 Å². The summed E-state index contributed by atoms with van der Waals surface area (Å²) in [4.78, 5) is 9.87. The fourth-order valence-corrected chi connectivity index (χ4v) is 5.12. The number of nitrogens with two attached hydrogens (primary N) is 2. The Balaban J connectivity index is 0.000000821. The van der Waals surface area contributed by atoms with Crippen molar-refractivity contribution in [2.24, 2.45) is 11.5 Å². The molecule has 156 valence electrons. The molecule has 0 spiro atoms. The van der Waals surface area contributed by atoms with Gasteiger partial charge >= 0.3 is 14.8 Å². The molecule has 5 N–H and O–H groups in total. The Morgan fingerprint density at radius 1 is 1.04 bits per heavy atom. The van der Waals surface area contributed by atoms with Gasteiger partial charge in [-0.15, -0.1) is 0 Å². The second-order valence-electron chi connectivity index (χ2n) is 5.83. The van der Waals surface area contributed by atoms with Crippen molar-refractivity contribution in [3.63, 3.8) is 0 Å². The first kappa shape index (κ1) is 25.5. The molecule has 0 aliphatic heterocycles. The van der Waals surface area contributed by atoms with Gasteiger partial charge in [-0.05, 0) is 39.2 Å². The molecular weight excluding hydrogens is 362 g/mol. The third-order valence-electron chi connectivity index (χ3n) is 3.63. The van der Waals surface area contributed by atoms with Gasteiger partial charge in [-0.1, -0.05) is 37.3 Å². The van der Waals surface area contributed by atoms with Crippen LogP contribution in [0.15, 0.2) is 30.3 Å². The fraction of sp³-hybridized carbons (Fsp3) is 0.632. The van der Waals surface area contributed by atoms with E-state index in [1.165, 1.54) is 0 Å². The molecule has 27 heavy (non-hydrogen) atoms. The van der Waals surface area contributed by atoms with Crippen molar-refractivity contribution in [2.45, 2.75) is 52.6 Å². The molecule has 2 amide bonds. The highest BCUT2D eigenvalue weighted by atomic mass is 28.4. The summed E-state index contributed by atoms with van der Waals surface area (Å²) in [6.45, 7) is 10.4. The first-order chi connectivity index (χ1) is 12.9.